The van der Waals surface area contributed by atoms with Crippen LogP contribution < -0.4 is 0 Å². The first-order valence-electron chi connectivity index (χ1n) is 10.7. The number of amides is 1. The molecular weight excluding hydrogens is 488 g/mol. The molecule has 31 heavy (non-hydrogen) atoms. The molecule has 5 nitrogen and oxygen atoms in total. The molecule has 3 aliphatic heterocycles. The SMILES string of the molecule is O=C(Cc1[nH]c(=S)n2c1CC(c1c(F)ccc(Br)c1F)C2)N1CCC2(CCOC2)CC1. The Labute approximate surface area is 192 Å². The van der Waals surface area contributed by atoms with E-state index in [9.17, 15) is 13.6 Å². The van der Waals surface area contributed by atoms with Crippen LogP contribution in [0.25, 0.3) is 0 Å². The average Bonchev–Trinajstić information content (AvgIpc) is 3.44. The number of aromatic amines is 1. The van der Waals surface area contributed by atoms with Gasteiger partial charge in [-0.25, -0.2) is 8.78 Å². The molecule has 1 amide bonds. The second kappa shape index (κ2) is 8.08. The Kier molecular flexibility index (Phi) is 5.55. The molecular formula is C22H24BrF2N3O2S. The summed E-state index contributed by atoms with van der Waals surface area (Å²) in [4.78, 5) is 18.1. The second-order valence-electron chi connectivity index (χ2n) is 8.98. The van der Waals surface area contributed by atoms with Crippen molar-refractivity contribution in [1.29, 1.82) is 0 Å². The number of imidazole rings is 1. The highest BCUT2D eigenvalue weighted by atomic mass is 79.9. The van der Waals surface area contributed by atoms with E-state index in [1.165, 1.54) is 12.1 Å². The molecule has 1 spiro atoms. The van der Waals surface area contributed by atoms with Crippen LogP contribution in [0.4, 0.5) is 8.78 Å². The molecule has 166 valence electrons. The van der Waals surface area contributed by atoms with Gasteiger partial charge in [-0.3, -0.25) is 4.79 Å². The number of carbonyl (C=O) groups excluding carboxylic acids is 1. The fraction of sp³-hybridized carbons (Fsp3) is 0.545. The number of H-pyrrole nitrogens is 1. The smallest absolute Gasteiger partial charge is 0.228 e. The van der Waals surface area contributed by atoms with E-state index >= 15 is 0 Å². The van der Waals surface area contributed by atoms with Crippen molar-refractivity contribution in [3.05, 3.63) is 50.0 Å². The molecule has 0 radical (unpaired) electrons. The number of rotatable bonds is 3. The maximum absolute atomic E-state index is 14.6. The molecule has 1 N–H and O–H groups in total. The van der Waals surface area contributed by atoms with E-state index in [-0.39, 0.29) is 33.7 Å². The minimum atomic E-state index is -0.568. The number of nitrogens with one attached hydrogen (secondary N) is 1. The third kappa shape index (κ3) is 3.78. The van der Waals surface area contributed by atoms with Gasteiger partial charge in [0.25, 0.3) is 0 Å². The van der Waals surface area contributed by atoms with Crippen molar-refractivity contribution in [3.63, 3.8) is 0 Å². The van der Waals surface area contributed by atoms with Crippen LogP contribution >= 0.6 is 28.1 Å². The fourth-order valence-electron chi connectivity index (χ4n) is 5.29. The Morgan fingerprint density at radius 1 is 1.29 bits per heavy atom. The number of piperidine rings is 1. The highest BCUT2D eigenvalue weighted by molar-refractivity contribution is 9.10. The number of hydrogen-bond donors (Lipinski definition) is 1. The monoisotopic (exact) mass is 511 g/mol. The molecule has 1 aromatic heterocycles. The number of carbonyl (C=O) groups is 1. The normalized spacial score (nSPS) is 22.3. The molecule has 2 saturated heterocycles. The van der Waals surface area contributed by atoms with Crippen molar-refractivity contribution >= 4 is 34.1 Å². The molecule has 1 aromatic carbocycles. The van der Waals surface area contributed by atoms with E-state index < -0.39 is 11.6 Å². The van der Waals surface area contributed by atoms with Crippen LogP contribution in [0.15, 0.2) is 16.6 Å². The van der Waals surface area contributed by atoms with E-state index in [4.69, 9.17) is 17.0 Å². The number of likely N-dealkylation sites (tertiary alicyclic amines) is 1. The predicted octanol–water partition coefficient (Wildman–Crippen LogP) is 4.50. The topological polar surface area (TPSA) is 50.3 Å². The predicted molar refractivity (Wildman–Crippen MR) is 118 cm³/mol. The summed E-state index contributed by atoms with van der Waals surface area (Å²) >= 11 is 8.59. The molecule has 0 saturated carbocycles. The lowest BCUT2D eigenvalue weighted by Crippen LogP contribution is -2.44. The van der Waals surface area contributed by atoms with Crippen LogP contribution in [0.3, 0.4) is 0 Å². The minimum Gasteiger partial charge on any atom is -0.381 e. The molecule has 4 heterocycles. The first kappa shape index (κ1) is 21.3. The zero-order valence-electron chi connectivity index (χ0n) is 17.1. The lowest BCUT2D eigenvalue weighted by Gasteiger charge is -2.38. The molecule has 2 aromatic rings. The van der Waals surface area contributed by atoms with Crippen LogP contribution in [0, 0.1) is 21.8 Å². The zero-order valence-corrected chi connectivity index (χ0v) is 19.5. The summed E-state index contributed by atoms with van der Waals surface area (Å²) in [6.07, 6.45) is 3.71. The van der Waals surface area contributed by atoms with E-state index in [1.807, 2.05) is 9.47 Å². The van der Waals surface area contributed by atoms with Gasteiger partial charge in [0.15, 0.2) is 4.77 Å². The Morgan fingerprint density at radius 3 is 2.77 bits per heavy atom. The maximum atomic E-state index is 14.6. The Bertz CT molecular complexity index is 1080. The highest BCUT2D eigenvalue weighted by Gasteiger charge is 2.39. The number of aromatic nitrogens is 2. The van der Waals surface area contributed by atoms with Gasteiger partial charge in [0.1, 0.15) is 11.6 Å². The summed E-state index contributed by atoms with van der Waals surface area (Å²) in [6, 6.07) is 2.65. The van der Waals surface area contributed by atoms with Crippen LogP contribution in [-0.4, -0.2) is 46.7 Å². The Hall–Kier alpha value is -1.58. The van der Waals surface area contributed by atoms with Gasteiger partial charge >= 0.3 is 0 Å². The van der Waals surface area contributed by atoms with Crippen molar-refractivity contribution in [2.24, 2.45) is 5.41 Å². The fourth-order valence-corrected chi connectivity index (χ4v) is 5.95. The van der Waals surface area contributed by atoms with Crippen molar-refractivity contribution in [1.82, 2.24) is 14.5 Å². The van der Waals surface area contributed by atoms with E-state index in [1.54, 1.807) is 0 Å². The summed E-state index contributed by atoms with van der Waals surface area (Å²) in [5.74, 6) is -1.41. The average molecular weight is 512 g/mol. The largest absolute Gasteiger partial charge is 0.381 e. The van der Waals surface area contributed by atoms with Crippen LogP contribution in [0.1, 0.15) is 42.1 Å². The van der Waals surface area contributed by atoms with Gasteiger partial charge in [0.05, 0.1) is 17.5 Å². The van der Waals surface area contributed by atoms with Crippen molar-refractivity contribution in [3.8, 4) is 0 Å². The Morgan fingerprint density at radius 2 is 2.06 bits per heavy atom. The van der Waals surface area contributed by atoms with Crippen molar-refractivity contribution in [2.75, 3.05) is 26.3 Å². The summed E-state index contributed by atoms with van der Waals surface area (Å²) in [5, 5.41) is 0. The van der Waals surface area contributed by atoms with Gasteiger partial charge in [-0.15, -0.1) is 0 Å². The van der Waals surface area contributed by atoms with Crippen LogP contribution in [0.2, 0.25) is 0 Å². The standard InChI is InChI=1S/C22H24BrF2N3O2S/c23-14-1-2-15(24)19(20(14)25)13-9-17-16(26-21(31)28(17)11-13)10-18(29)27-6-3-22(4-7-27)5-8-30-12-22/h1-2,13H,3-12H2,(H,26,31). The summed E-state index contributed by atoms with van der Waals surface area (Å²) < 4.78 is 37.2. The second-order valence-corrected chi connectivity index (χ2v) is 10.2. The highest BCUT2D eigenvalue weighted by Crippen LogP contribution is 2.40. The lowest BCUT2D eigenvalue weighted by molar-refractivity contribution is -0.132. The van der Waals surface area contributed by atoms with Gasteiger partial charge in [0, 0.05) is 49.1 Å². The summed E-state index contributed by atoms with van der Waals surface area (Å²) in [7, 11) is 0. The number of hydrogen-bond acceptors (Lipinski definition) is 3. The first-order chi connectivity index (χ1) is 14.9. The van der Waals surface area contributed by atoms with E-state index in [0.717, 1.165) is 57.0 Å². The third-order valence-corrected chi connectivity index (χ3v) is 8.13. The lowest BCUT2D eigenvalue weighted by atomic mass is 9.78. The third-order valence-electron chi connectivity index (χ3n) is 7.20. The number of fused-ring (bicyclic) bond motifs is 1. The molecule has 1 unspecified atom stereocenters. The summed E-state index contributed by atoms with van der Waals surface area (Å²) in [6.45, 7) is 3.52. The zero-order chi connectivity index (χ0) is 21.8. The molecule has 2 fully saturated rings. The minimum absolute atomic E-state index is 0.0664. The maximum Gasteiger partial charge on any atom is 0.228 e. The number of halogens is 3. The van der Waals surface area contributed by atoms with Gasteiger partial charge in [-0.2, -0.15) is 0 Å². The van der Waals surface area contributed by atoms with Crippen LogP contribution in [-0.2, 0) is 28.9 Å². The molecule has 5 rings (SSSR count). The molecule has 1 atom stereocenters. The van der Waals surface area contributed by atoms with Gasteiger partial charge in [-0.1, -0.05) is 0 Å². The summed E-state index contributed by atoms with van der Waals surface area (Å²) in [5.41, 5.74) is 1.96. The van der Waals surface area contributed by atoms with Crippen molar-refractivity contribution in [2.45, 2.75) is 44.6 Å². The Balaban J connectivity index is 1.31. The van der Waals surface area contributed by atoms with E-state index in [2.05, 4.69) is 20.9 Å². The molecule has 0 bridgehead atoms. The number of ether oxygens (including phenoxy) is 1. The molecule has 9 heteroatoms. The van der Waals surface area contributed by atoms with Gasteiger partial charge in [0.2, 0.25) is 5.91 Å². The number of benzene rings is 1. The van der Waals surface area contributed by atoms with E-state index in [0.29, 0.717) is 17.7 Å². The molecule has 3 aliphatic rings. The molecule has 0 aliphatic carbocycles. The van der Waals surface area contributed by atoms with Gasteiger partial charge < -0.3 is 19.2 Å². The van der Waals surface area contributed by atoms with Gasteiger partial charge in [-0.05, 0) is 71.4 Å². The van der Waals surface area contributed by atoms with Crippen LogP contribution in [0.5, 0.6) is 0 Å². The number of nitrogens with zero attached hydrogens (tertiary/aromatic N) is 2. The van der Waals surface area contributed by atoms with Crippen molar-refractivity contribution < 1.29 is 18.3 Å². The quantitative estimate of drug-likeness (QED) is 0.487. The first-order valence-corrected chi connectivity index (χ1v) is 11.9.